The zero-order chi connectivity index (χ0) is 16.4. The molecule has 1 aromatic rings. The third-order valence-electron chi connectivity index (χ3n) is 4.55. The third kappa shape index (κ3) is 2.55. The molecular formula is C16H20F3NOS. The highest BCUT2D eigenvalue weighted by Gasteiger charge is 2.56. The predicted octanol–water partition coefficient (Wildman–Crippen LogP) is 4.26. The fourth-order valence-electron chi connectivity index (χ4n) is 3.49. The monoisotopic (exact) mass is 331 g/mol. The van der Waals surface area contributed by atoms with E-state index < -0.39 is 23.1 Å². The summed E-state index contributed by atoms with van der Waals surface area (Å²) in [5.74, 6) is 0.497. The van der Waals surface area contributed by atoms with Gasteiger partial charge in [-0.2, -0.15) is 13.2 Å². The Morgan fingerprint density at radius 3 is 2.36 bits per heavy atom. The zero-order valence-corrected chi connectivity index (χ0v) is 13.9. The number of benzene rings is 1. The Kier molecular flexibility index (Phi) is 3.59. The summed E-state index contributed by atoms with van der Waals surface area (Å²) in [6.07, 6.45) is -3.41. The van der Waals surface area contributed by atoms with E-state index in [0.717, 1.165) is 23.6 Å². The molecule has 0 bridgehead atoms. The molecule has 0 radical (unpaired) electrons. The van der Waals surface area contributed by atoms with Crippen molar-refractivity contribution in [2.45, 2.75) is 50.1 Å². The van der Waals surface area contributed by atoms with Crippen molar-refractivity contribution in [3.05, 3.63) is 34.9 Å². The molecule has 0 saturated heterocycles. The van der Waals surface area contributed by atoms with E-state index in [1.165, 1.54) is 6.07 Å². The van der Waals surface area contributed by atoms with Crippen molar-refractivity contribution in [2.24, 2.45) is 5.92 Å². The van der Waals surface area contributed by atoms with Gasteiger partial charge in [0.25, 0.3) is 0 Å². The summed E-state index contributed by atoms with van der Waals surface area (Å²) in [6, 6.07) is 3.96. The first-order chi connectivity index (χ1) is 10.0. The maximum atomic E-state index is 12.9. The number of nitrogens with zero attached hydrogens (tertiary/aromatic N) is 1. The summed E-state index contributed by atoms with van der Waals surface area (Å²) >= 11 is -1.18. The Labute approximate surface area is 132 Å². The van der Waals surface area contributed by atoms with Gasteiger partial charge in [0.15, 0.2) is 0 Å². The minimum atomic E-state index is -4.31. The summed E-state index contributed by atoms with van der Waals surface area (Å²) in [6.45, 7) is 5.73. The Morgan fingerprint density at radius 2 is 1.82 bits per heavy atom. The van der Waals surface area contributed by atoms with Gasteiger partial charge in [0, 0.05) is 18.4 Å². The number of fused-ring (bicyclic) bond motifs is 3. The molecule has 122 valence electrons. The van der Waals surface area contributed by atoms with E-state index in [1.807, 2.05) is 32.1 Å². The summed E-state index contributed by atoms with van der Waals surface area (Å²) < 4.78 is 52.7. The van der Waals surface area contributed by atoms with Crippen molar-refractivity contribution in [1.82, 2.24) is 4.31 Å². The molecule has 2 aliphatic rings. The lowest BCUT2D eigenvalue weighted by molar-refractivity contribution is -0.137. The number of alkyl halides is 3. The minimum absolute atomic E-state index is 0.0395. The lowest BCUT2D eigenvalue weighted by atomic mass is 10.00. The second kappa shape index (κ2) is 4.89. The van der Waals surface area contributed by atoms with Crippen LogP contribution in [0.5, 0.6) is 0 Å². The molecule has 0 spiro atoms. The standard InChI is InChI=1S/C16H20F3NOS/c1-15(2,3)22(21)20(4)14-10-6-5-9(16(17,18)19)7-11(10)12-8-13(12)14/h5-7,12-14H,8H2,1-4H3/t12-,13-,14-,22+/m0/s1. The van der Waals surface area contributed by atoms with Crippen LogP contribution in [0.4, 0.5) is 13.2 Å². The molecule has 6 heteroatoms. The molecule has 1 saturated carbocycles. The molecular weight excluding hydrogens is 311 g/mol. The first-order valence-corrected chi connectivity index (χ1v) is 8.48. The van der Waals surface area contributed by atoms with Crippen LogP contribution in [0.1, 0.15) is 55.8 Å². The lowest BCUT2D eigenvalue weighted by Gasteiger charge is -2.34. The quantitative estimate of drug-likeness (QED) is 0.757. The van der Waals surface area contributed by atoms with Gasteiger partial charge >= 0.3 is 6.18 Å². The Balaban J connectivity index is 1.93. The highest BCUT2D eigenvalue weighted by Crippen LogP contribution is 2.64. The van der Waals surface area contributed by atoms with E-state index in [4.69, 9.17) is 0 Å². The molecule has 1 fully saturated rings. The van der Waals surface area contributed by atoms with Crippen LogP contribution in [0.3, 0.4) is 0 Å². The number of hydrogen-bond acceptors (Lipinski definition) is 2. The molecule has 4 atom stereocenters. The average molecular weight is 331 g/mol. The largest absolute Gasteiger partial charge is 0.597 e. The molecule has 0 unspecified atom stereocenters. The second-order valence-corrected chi connectivity index (χ2v) is 9.50. The maximum Gasteiger partial charge on any atom is 0.416 e. The average Bonchev–Trinajstić information content (AvgIpc) is 3.10. The van der Waals surface area contributed by atoms with Gasteiger partial charge in [-0.3, -0.25) is 0 Å². The second-order valence-electron chi connectivity index (χ2n) is 7.20. The summed E-state index contributed by atoms with van der Waals surface area (Å²) in [4.78, 5) is 0. The smallest absolute Gasteiger partial charge is 0.416 e. The van der Waals surface area contributed by atoms with E-state index in [-0.39, 0.29) is 16.7 Å². The molecule has 1 aromatic carbocycles. The van der Waals surface area contributed by atoms with Crippen LogP contribution < -0.4 is 0 Å². The van der Waals surface area contributed by atoms with Gasteiger partial charge in [-0.05, 0) is 62.3 Å². The van der Waals surface area contributed by atoms with Crippen molar-refractivity contribution in [3.63, 3.8) is 0 Å². The van der Waals surface area contributed by atoms with Crippen molar-refractivity contribution in [1.29, 1.82) is 0 Å². The molecule has 0 N–H and O–H groups in total. The van der Waals surface area contributed by atoms with Gasteiger partial charge < -0.3 is 4.55 Å². The van der Waals surface area contributed by atoms with Gasteiger partial charge in [0.2, 0.25) is 0 Å². The predicted molar refractivity (Wildman–Crippen MR) is 80.7 cm³/mol. The third-order valence-corrected chi connectivity index (χ3v) is 6.35. The van der Waals surface area contributed by atoms with E-state index in [2.05, 4.69) is 0 Å². The molecule has 2 aliphatic carbocycles. The van der Waals surface area contributed by atoms with Crippen molar-refractivity contribution >= 4 is 11.4 Å². The molecule has 22 heavy (non-hydrogen) atoms. The lowest BCUT2D eigenvalue weighted by Crippen LogP contribution is -2.42. The topological polar surface area (TPSA) is 26.3 Å². The fourth-order valence-corrected chi connectivity index (χ4v) is 4.83. The SMILES string of the molecule is CN([C@H]1c2ccc(C(F)(F)F)cc2[C@@H]2C[C@@H]21)[S@+]([O-])C(C)(C)C. The normalized spacial score (nSPS) is 28.5. The van der Waals surface area contributed by atoms with Gasteiger partial charge in [0.05, 0.1) is 11.6 Å². The van der Waals surface area contributed by atoms with Crippen LogP contribution in [-0.4, -0.2) is 20.7 Å². The van der Waals surface area contributed by atoms with E-state index in [0.29, 0.717) is 5.92 Å². The maximum absolute atomic E-state index is 12.9. The molecule has 0 amide bonds. The van der Waals surface area contributed by atoms with Crippen LogP contribution in [-0.2, 0) is 17.5 Å². The number of halogens is 3. The molecule has 0 aromatic heterocycles. The van der Waals surface area contributed by atoms with Gasteiger partial charge in [-0.15, -0.1) is 4.31 Å². The van der Waals surface area contributed by atoms with Crippen molar-refractivity contribution < 1.29 is 17.7 Å². The zero-order valence-electron chi connectivity index (χ0n) is 13.1. The fraction of sp³-hybridized carbons (Fsp3) is 0.625. The minimum Gasteiger partial charge on any atom is -0.597 e. The Bertz CT molecular complexity index is 596. The summed E-state index contributed by atoms with van der Waals surface area (Å²) in [5.41, 5.74) is 1.12. The first kappa shape index (κ1) is 16.1. The number of hydrogen-bond donors (Lipinski definition) is 0. The number of rotatable bonds is 2. The van der Waals surface area contributed by atoms with Gasteiger partial charge in [0.1, 0.15) is 4.75 Å². The molecule has 0 heterocycles. The first-order valence-electron chi connectivity index (χ1n) is 7.37. The van der Waals surface area contributed by atoms with Crippen LogP contribution >= 0.6 is 0 Å². The van der Waals surface area contributed by atoms with Crippen molar-refractivity contribution in [3.8, 4) is 0 Å². The van der Waals surface area contributed by atoms with E-state index in [9.17, 15) is 17.7 Å². The molecule has 0 aliphatic heterocycles. The van der Waals surface area contributed by atoms with E-state index >= 15 is 0 Å². The van der Waals surface area contributed by atoms with Crippen LogP contribution in [0.2, 0.25) is 0 Å². The van der Waals surface area contributed by atoms with E-state index in [1.54, 1.807) is 6.07 Å². The Morgan fingerprint density at radius 1 is 1.18 bits per heavy atom. The van der Waals surface area contributed by atoms with Gasteiger partial charge in [-0.25, -0.2) is 0 Å². The summed E-state index contributed by atoms with van der Waals surface area (Å²) in [7, 11) is 1.81. The Hall–Kier alpha value is -0.720. The van der Waals surface area contributed by atoms with Crippen molar-refractivity contribution in [2.75, 3.05) is 7.05 Å². The van der Waals surface area contributed by atoms with Crippen LogP contribution in [0.15, 0.2) is 18.2 Å². The van der Waals surface area contributed by atoms with Crippen LogP contribution in [0, 0.1) is 5.92 Å². The highest BCUT2D eigenvalue weighted by atomic mass is 32.2. The molecule has 2 nitrogen and oxygen atoms in total. The highest BCUT2D eigenvalue weighted by molar-refractivity contribution is 7.90. The van der Waals surface area contributed by atoms with Crippen LogP contribution in [0.25, 0.3) is 0 Å². The van der Waals surface area contributed by atoms with Gasteiger partial charge in [-0.1, -0.05) is 6.07 Å². The summed E-state index contributed by atoms with van der Waals surface area (Å²) in [5, 5.41) is 0. The molecule has 3 rings (SSSR count).